The van der Waals surface area contributed by atoms with Crippen LogP contribution in [0.5, 0.6) is 5.75 Å². The highest BCUT2D eigenvalue weighted by Crippen LogP contribution is 2.24. The Bertz CT molecular complexity index is 684. The molecule has 0 amide bonds. The van der Waals surface area contributed by atoms with Crippen LogP contribution in [0.4, 0.5) is 17.6 Å². The first-order valence-electron chi connectivity index (χ1n) is 6.56. The highest BCUT2D eigenvalue weighted by molar-refractivity contribution is 6.02. The molecule has 0 radical (unpaired) electrons. The summed E-state index contributed by atoms with van der Waals surface area (Å²) >= 11 is 0. The SMILES string of the molecule is C=CCON=C(c1ccc(OC(F)(F)F)cc1)C(F)n1cncn1. The number of alkyl halides is 4. The summed E-state index contributed by atoms with van der Waals surface area (Å²) in [4.78, 5) is 8.51. The highest BCUT2D eigenvalue weighted by atomic mass is 19.4. The van der Waals surface area contributed by atoms with Crippen LogP contribution >= 0.6 is 0 Å². The molecule has 0 aliphatic heterocycles. The van der Waals surface area contributed by atoms with E-state index >= 15 is 0 Å². The van der Waals surface area contributed by atoms with Gasteiger partial charge in [0.1, 0.15) is 30.7 Å². The molecule has 1 aromatic heterocycles. The number of hydrogen-bond acceptors (Lipinski definition) is 5. The van der Waals surface area contributed by atoms with Gasteiger partial charge >= 0.3 is 6.36 Å². The van der Waals surface area contributed by atoms with E-state index in [-0.39, 0.29) is 17.9 Å². The number of benzene rings is 1. The molecule has 0 spiro atoms. The maximum atomic E-state index is 14.5. The summed E-state index contributed by atoms with van der Waals surface area (Å²) in [6, 6.07) is 4.53. The maximum absolute atomic E-state index is 14.5. The molecule has 0 saturated carbocycles. The van der Waals surface area contributed by atoms with Gasteiger partial charge in [-0.05, 0) is 24.3 Å². The van der Waals surface area contributed by atoms with Gasteiger partial charge in [0.15, 0.2) is 0 Å². The molecule has 1 aromatic carbocycles. The number of oxime groups is 1. The molecule has 0 saturated heterocycles. The topological polar surface area (TPSA) is 61.5 Å². The predicted octanol–water partition coefficient (Wildman–Crippen LogP) is 3.25. The molecule has 0 fully saturated rings. The van der Waals surface area contributed by atoms with Crippen molar-refractivity contribution in [2.45, 2.75) is 12.7 Å². The average molecular weight is 344 g/mol. The van der Waals surface area contributed by atoms with Gasteiger partial charge in [-0.15, -0.1) is 13.2 Å². The Morgan fingerprint density at radius 3 is 2.58 bits per heavy atom. The molecule has 24 heavy (non-hydrogen) atoms. The molecule has 10 heteroatoms. The molecular weight excluding hydrogens is 332 g/mol. The van der Waals surface area contributed by atoms with Crippen molar-refractivity contribution in [1.29, 1.82) is 0 Å². The molecule has 6 nitrogen and oxygen atoms in total. The summed E-state index contributed by atoms with van der Waals surface area (Å²) in [5.41, 5.74) is -0.00232. The lowest BCUT2D eigenvalue weighted by molar-refractivity contribution is -0.274. The lowest BCUT2D eigenvalue weighted by Crippen LogP contribution is -2.19. The van der Waals surface area contributed by atoms with Gasteiger partial charge in [0.05, 0.1) is 0 Å². The van der Waals surface area contributed by atoms with E-state index in [1.54, 1.807) is 0 Å². The zero-order valence-electron chi connectivity index (χ0n) is 12.2. The number of ether oxygens (including phenoxy) is 1. The molecule has 0 bridgehead atoms. The minimum Gasteiger partial charge on any atom is -0.406 e. The summed E-state index contributed by atoms with van der Waals surface area (Å²) in [5, 5.41) is 7.32. The van der Waals surface area contributed by atoms with Crippen LogP contribution in [0.25, 0.3) is 0 Å². The molecule has 0 N–H and O–H groups in total. The lowest BCUT2D eigenvalue weighted by atomic mass is 10.1. The molecule has 0 aliphatic rings. The summed E-state index contributed by atoms with van der Waals surface area (Å²) in [5.74, 6) is -0.436. The smallest absolute Gasteiger partial charge is 0.406 e. The predicted molar refractivity (Wildman–Crippen MR) is 76.0 cm³/mol. The second-order valence-electron chi connectivity index (χ2n) is 4.34. The first-order chi connectivity index (χ1) is 11.4. The van der Waals surface area contributed by atoms with E-state index in [9.17, 15) is 17.6 Å². The van der Waals surface area contributed by atoms with Crippen molar-refractivity contribution in [1.82, 2.24) is 14.8 Å². The fraction of sp³-hybridized carbons (Fsp3) is 0.214. The first kappa shape index (κ1) is 17.4. The summed E-state index contributed by atoms with van der Waals surface area (Å²) < 4.78 is 55.7. The summed E-state index contributed by atoms with van der Waals surface area (Å²) in [6.07, 6.45) is -2.98. The lowest BCUT2D eigenvalue weighted by Gasteiger charge is -2.13. The Morgan fingerprint density at radius 1 is 1.33 bits per heavy atom. The van der Waals surface area contributed by atoms with E-state index in [1.807, 2.05) is 0 Å². The third kappa shape index (κ3) is 4.80. The van der Waals surface area contributed by atoms with E-state index < -0.39 is 18.4 Å². The molecular formula is C14H12F4N4O2. The Balaban J connectivity index is 2.26. The Hall–Kier alpha value is -2.91. The van der Waals surface area contributed by atoms with Crippen LogP contribution in [0.2, 0.25) is 0 Å². The van der Waals surface area contributed by atoms with E-state index in [2.05, 4.69) is 26.6 Å². The fourth-order valence-electron chi connectivity index (χ4n) is 1.68. The standard InChI is InChI=1S/C14H12F4N4O2/c1-2-7-23-21-12(13(15)22-9-19-8-20-22)10-3-5-11(6-4-10)24-14(16,17)18/h2-6,8-9,13H,1,7H2. The number of rotatable bonds is 7. The van der Waals surface area contributed by atoms with Crippen LogP contribution in [0, 0.1) is 0 Å². The van der Waals surface area contributed by atoms with Crippen LogP contribution in [0.15, 0.2) is 54.7 Å². The second kappa shape index (κ2) is 7.57. The molecule has 1 atom stereocenters. The minimum atomic E-state index is -4.81. The van der Waals surface area contributed by atoms with Crippen molar-refractivity contribution in [3.8, 4) is 5.75 Å². The number of hydrogen-bond donors (Lipinski definition) is 0. The largest absolute Gasteiger partial charge is 0.573 e. The first-order valence-corrected chi connectivity index (χ1v) is 6.56. The van der Waals surface area contributed by atoms with Crippen LogP contribution in [-0.2, 0) is 4.84 Å². The molecule has 1 unspecified atom stereocenters. The maximum Gasteiger partial charge on any atom is 0.573 e. The van der Waals surface area contributed by atoms with E-state index in [1.165, 1.54) is 18.2 Å². The number of halogens is 4. The van der Waals surface area contributed by atoms with Crippen molar-refractivity contribution in [3.63, 3.8) is 0 Å². The van der Waals surface area contributed by atoms with Gasteiger partial charge in [-0.1, -0.05) is 17.8 Å². The molecule has 2 rings (SSSR count). The van der Waals surface area contributed by atoms with Gasteiger partial charge in [-0.3, -0.25) is 0 Å². The van der Waals surface area contributed by atoms with Gasteiger partial charge in [-0.2, -0.15) is 5.10 Å². The number of nitrogens with zero attached hydrogens (tertiary/aromatic N) is 4. The highest BCUT2D eigenvalue weighted by Gasteiger charge is 2.31. The van der Waals surface area contributed by atoms with E-state index in [4.69, 9.17) is 4.84 Å². The van der Waals surface area contributed by atoms with Crippen molar-refractivity contribution in [2.75, 3.05) is 6.61 Å². The van der Waals surface area contributed by atoms with Crippen molar-refractivity contribution >= 4 is 5.71 Å². The third-order valence-corrected chi connectivity index (χ3v) is 2.63. The second-order valence-corrected chi connectivity index (χ2v) is 4.34. The monoisotopic (exact) mass is 344 g/mol. The molecule has 0 aliphatic carbocycles. The normalized spacial score (nSPS) is 13.4. The van der Waals surface area contributed by atoms with Crippen molar-refractivity contribution in [3.05, 3.63) is 55.1 Å². The Morgan fingerprint density at radius 2 is 2.04 bits per heavy atom. The fourth-order valence-corrected chi connectivity index (χ4v) is 1.68. The quantitative estimate of drug-likeness (QED) is 0.254. The van der Waals surface area contributed by atoms with Gasteiger partial charge in [0.25, 0.3) is 0 Å². The van der Waals surface area contributed by atoms with Gasteiger partial charge in [0, 0.05) is 5.56 Å². The van der Waals surface area contributed by atoms with E-state index in [0.29, 0.717) is 0 Å². The van der Waals surface area contributed by atoms with Gasteiger partial charge < -0.3 is 9.57 Å². The van der Waals surface area contributed by atoms with Crippen LogP contribution in [0.1, 0.15) is 11.9 Å². The zero-order valence-corrected chi connectivity index (χ0v) is 12.2. The van der Waals surface area contributed by atoms with Crippen molar-refractivity contribution in [2.24, 2.45) is 5.16 Å². The van der Waals surface area contributed by atoms with Gasteiger partial charge in [0.2, 0.25) is 6.30 Å². The zero-order chi connectivity index (χ0) is 17.6. The third-order valence-electron chi connectivity index (χ3n) is 2.63. The van der Waals surface area contributed by atoms with Gasteiger partial charge in [-0.25, -0.2) is 14.1 Å². The Labute approximate surface area is 134 Å². The molecule has 128 valence electrons. The van der Waals surface area contributed by atoms with E-state index in [0.717, 1.165) is 29.5 Å². The van der Waals surface area contributed by atoms with Crippen LogP contribution in [-0.4, -0.2) is 33.4 Å². The van der Waals surface area contributed by atoms with Crippen molar-refractivity contribution < 1.29 is 27.1 Å². The van der Waals surface area contributed by atoms with Crippen LogP contribution in [0.3, 0.4) is 0 Å². The summed E-state index contributed by atoms with van der Waals surface area (Å²) in [6.45, 7) is 3.46. The average Bonchev–Trinajstić information content (AvgIpc) is 3.05. The molecule has 1 heterocycles. The minimum absolute atomic E-state index is 0.0306. The Kier molecular flexibility index (Phi) is 5.51. The van der Waals surface area contributed by atoms with Crippen LogP contribution < -0.4 is 4.74 Å². The number of aromatic nitrogens is 3. The summed E-state index contributed by atoms with van der Waals surface area (Å²) in [7, 11) is 0. The molecule has 2 aromatic rings.